The van der Waals surface area contributed by atoms with E-state index in [1.54, 1.807) is 24.3 Å². The lowest BCUT2D eigenvalue weighted by Gasteiger charge is -2.15. The molecule has 1 aromatic carbocycles. The maximum Gasteiger partial charge on any atom is 0.337 e. The molecular weight excluding hydrogens is 392 g/mol. The second-order valence-electron chi connectivity index (χ2n) is 3.90. The Bertz CT molecular complexity index is 508. The van der Waals surface area contributed by atoms with Crippen LogP contribution in [0.3, 0.4) is 0 Å². The first kappa shape index (κ1) is 16.9. The SMILES string of the molecule is C=C(Br)CC(OC)/C(=C/Oc1ccc(Br)cc1)C(=O)O. The molecule has 0 saturated heterocycles. The molecular formula is C14H14Br2O4. The van der Waals surface area contributed by atoms with Crippen LogP contribution in [0.4, 0.5) is 0 Å². The van der Waals surface area contributed by atoms with Crippen molar-refractivity contribution >= 4 is 37.8 Å². The van der Waals surface area contributed by atoms with E-state index in [4.69, 9.17) is 9.47 Å². The maximum absolute atomic E-state index is 11.3. The summed E-state index contributed by atoms with van der Waals surface area (Å²) in [4.78, 5) is 11.3. The Balaban J connectivity index is 2.88. The van der Waals surface area contributed by atoms with E-state index in [0.717, 1.165) is 4.47 Å². The first-order valence-corrected chi connectivity index (χ1v) is 7.24. The van der Waals surface area contributed by atoms with Crippen LogP contribution in [0.2, 0.25) is 0 Å². The van der Waals surface area contributed by atoms with E-state index < -0.39 is 12.1 Å². The monoisotopic (exact) mass is 404 g/mol. The molecule has 0 heterocycles. The van der Waals surface area contributed by atoms with Gasteiger partial charge in [-0.1, -0.05) is 38.4 Å². The number of carboxylic acid groups (broad SMARTS) is 1. The van der Waals surface area contributed by atoms with Crippen LogP contribution in [0.1, 0.15) is 6.42 Å². The Labute approximate surface area is 134 Å². The van der Waals surface area contributed by atoms with Crippen LogP contribution in [0, 0.1) is 0 Å². The number of ether oxygens (including phenoxy) is 2. The number of halogens is 2. The fraction of sp³-hybridized carbons (Fsp3) is 0.214. The molecule has 0 fully saturated rings. The molecule has 0 aliphatic heterocycles. The number of aliphatic carboxylic acids is 1. The summed E-state index contributed by atoms with van der Waals surface area (Å²) in [5, 5.41) is 9.23. The largest absolute Gasteiger partial charge is 0.478 e. The average molecular weight is 406 g/mol. The number of methoxy groups -OCH3 is 1. The van der Waals surface area contributed by atoms with Gasteiger partial charge in [0, 0.05) is 18.0 Å². The van der Waals surface area contributed by atoms with Gasteiger partial charge in [0.05, 0.1) is 6.10 Å². The van der Waals surface area contributed by atoms with Crippen molar-refractivity contribution in [3.8, 4) is 5.75 Å². The lowest BCUT2D eigenvalue weighted by Crippen LogP contribution is -2.21. The molecule has 0 saturated carbocycles. The van der Waals surface area contributed by atoms with Crippen molar-refractivity contribution in [3.63, 3.8) is 0 Å². The highest BCUT2D eigenvalue weighted by atomic mass is 79.9. The third-order valence-corrected chi connectivity index (χ3v) is 3.27. The summed E-state index contributed by atoms with van der Waals surface area (Å²) in [6, 6.07) is 7.06. The molecule has 1 unspecified atom stereocenters. The molecule has 0 amide bonds. The van der Waals surface area contributed by atoms with Crippen molar-refractivity contribution in [1.82, 2.24) is 0 Å². The number of carboxylic acids is 1. The molecule has 1 aromatic rings. The minimum absolute atomic E-state index is 0.0241. The molecule has 1 rings (SSSR count). The van der Waals surface area contributed by atoms with E-state index in [9.17, 15) is 9.90 Å². The number of hydrogen-bond donors (Lipinski definition) is 1. The molecule has 20 heavy (non-hydrogen) atoms. The van der Waals surface area contributed by atoms with Crippen LogP contribution in [0.5, 0.6) is 5.75 Å². The summed E-state index contributed by atoms with van der Waals surface area (Å²) in [5.74, 6) is -0.554. The molecule has 0 aliphatic rings. The van der Waals surface area contributed by atoms with Gasteiger partial charge in [0.2, 0.25) is 0 Å². The Morgan fingerprint density at radius 1 is 1.45 bits per heavy atom. The number of carbonyl (C=O) groups is 1. The quantitative estimate of drug-likeness (QED) is 0.547. The van der Waals surface area contributed by atoms with E-state index in [1.165, 1.54) is 13.4 Å². The Morgan fingerprint density at radius 2 is 2.05 bits per heavy atom. The molecule has 0 spiro atoms. The third kappa shape index (κ3) is 5.48. The van der Waals surface area contributed by atoms with Crippen molar-refractivity contribution in [2.75, 3.05) is 7.11 Å². The van der Waals surface area contributed by atoms with Crippen LogP contribution >= 0.6 is 31.9 Å². The third-order valence-electron chi connectivity index (χ3n) is 2.42. The first-order chi connectivity index (χ1) is 9.43. The van der Waals surface area contributed by atoms with Gasteiger partial charge in [-0.25, -0.2) is 4.79 Å². The van der Waals surface area contributed by atoms with Gasteiger partial charge in [0.15, 0.2) is 0 Å². The Hall–Kier alpha value is -1.11. The summed E-state index contributed by atoms with van der Waals surface area (Å²) >= 11 is 6.51. The van der Waals surface area contributed by atoms with Crippen LogP contribution in [0.15, 0.2) is 51.6 Å². The van der Waals surface area contributed by atoms with Gasteiger partial charge >= 0.3 is 5.97 Å². The Morgan fingerprint density at radius 3 is 2.50 bits per heavy atom. The second-order valence-corrected chi connectivity index (χ2v) is 5.93. The molecule has 0 aliphatic carbocycles. The lowest BCUT2D eigenvalue weighted by atomic mass is 10.1. The van der Waals surface area contributed by atoms with Crippen molar-refractivity contribution < 1.29 is 19.4 Å². The van der Waals surface area contributed by atoms with Crippen molar-refractivity contribution in [2.45, 2.75) is 12.5 Å². The number of rotatable bonds is 7. The smallest absolute Gasteiger partial charge is 0.337 e. The highest BCUT2D eigenvalue weighted by Gasteiger charge is 2.21. The standard InChI is InChI=1S/C14H14Br2O4/c1-9(15)7-13(19-2)12(14(17)18)8-20-11-5-3-10(16)4-6-11/h3-6,8,13H,1,7H2,2H3,(H,17,18)/b12-8-. The highest BCUT2D eigenvalue weighted by molar-refractivity contribution is 9.11. The summed E-state index contributed by atoms with van der Waals surface area (Å²) in [7, 11) is 1.44. The molecule has 1 atom stereocenters. The zero-order valence-corrected chi connectivity index (χ0v) is 14.0. The molecule has 1 N–H and O–H groups in total. The second kappa shape index (κ2) is 8.24. The van der Waals surface area contributed by atoms with Gasteiger partial charge in [0.25, 0.3) is 0 Å². The minimum Gasteiger partial charge on any atom is -0.478 e. The molecule has 0 bridgehead atoms. The molecule has 4 nitrogen and oxygen atoms in total. The van der Waals surface area contributed by atoms with Gasteiger partial charge in [-0.05, 0) is 28.7 Å². The first-order valence-electron chi connectivity index (χ1n) is 5.65. The van der Waals surface area contributed by atoms with Crippen molar-refractivity contribution in [3.05, 3.63) is 51.6 Å². The normalized spacial score (nSPS) is 12.8. The zero-order chi connectivity index (χ0) is 15.1. The summed E-state index contributed by atoms with van der Waals surface area (Å²) in [5.41, 5.74) is 0.0241. The van der Waals surface area contributed by atoms with Crippen LogP contribution in [-0.4, -0.2) is 24.3 Å². The zero-order valence-electron chi connectivity index (χ0n) is 10.8. The predicted molar refractivity (Wildman–Crippen MR) is 84.0 cm³/mol. The molecule has 108 valence electrons. The van der Waals surface area contributed by atoms with E-state index in [1.807, 2.05) is 0 Å². The predicted octanol–water partition coefficient (Wildman–Crippen LogP) is 4.11. The van der Waals surface area contributed by atoms with Gasteiger partial charge < -0.3 is 14.6 Å². The average Bonchev–Trinajstić information content (AvgIpc) is 2.39. The van der Waals surface area contributed by atoms with E-state index in [2.05, 4.69) is 38.4 Å². The van der Waals surface area contributed by atoms with Crippen LogP contribution in [-0.2, 0) is 9.53 Å². The topological polar surface area (TPSA) is 55.8 Å². The molecule has 6 heteroatoms. The number of hydrogen-bond acceptors (Lipinski definition) is 3. The van der Waals surface area contributed by atoms with Crippen molar-refractivity contribution in [2.24, 2.45) is 0 Å². The molecule has 0 radical (unpaired) electrons. The van der Waals surface area contributed by atoms with Crippen molar-refractivity contribution in [1.29, 1.82) is 0 Å². The van der Waals surface area contributed by atoms with Gasteiger partial charge in [-0.2, -0.15) is 0 Å². The highest BCUT2D eigenvalue weighted by Crippen LogP contribution is 2.21. The summed E-state index contributed by atoms with van der Waals surface area (Å²) in [6.45, 7) is 3.68. The number of benzene rings is 1. The fourth-order valence-electron chi connectivity index (χ4n) is 1.43. The summed E-state index contributed by atoms with van der Waals surface area (Å²) < 4.78 is 12.1. The Kier molecular flexibility index (Phi) is 6.98. The fourth-order valence-corrected chi connectivity index (χ4v) is 1.99. The minimum atomic E-state index is -1.09. The summed E-state index contributed by atoms with van der Waals surface area (Å²) in [6.07, 6.45) is 0.906. The van der Waals surface area contributed by atoms with Crippen LogP contribution < -0.4 is 4.74 Å². The molecule has 0 aromatic heterocycles. The van der Waals surface area contributed by atoms with Gasteiger partial charge in [-0.3, -0.25) is 0 Å². The van der Waals surface area contributed by atoms with Gasteiger partial charge in [-0.15, -0.1) is 0 Å². The van der Waals surface area contributed by atoms with E-state index >= 15 is 0 Å². The van der Waals surface area contributed by atoms with E-state index in [-0.39, 0.29) is 5.57 Å². The lowest BCUT2D eigenvalue weighted by molar-refractivity contribution is -0.134. The van der Waals surface area contributed by atoms with Crippen LogP contribution in [0.25, 0.3) is 0 Å². The van der Waals surface area contributed by atoms with E-state index in [0.29, 0.717) is 16.7 Å². The van der Waals surface area contributed by atoms with Gasteiger partial charge in [0.1, 0.15) is 17.6 Å². The maximum atomic E-state index is 11.3.